The SMILES string of the molecule is CC(CC(=O)N(C)C1CCCN(Cc2ccccc2)C1)C1CCNCC1.Cl.Cl. The lowest BCUT2D eigenvalue weighted by molar-refractivity contribution is -0.134. The molecule has 3 rings (SSSR count). The van der Waals surface area contributed by atoms with Crippen molar-refractivity contribution >= 4 is 30.7 Å². The molecule has 0 saturated carbocycles. The van der Waals surface area contributed by atoms with E-state index in [1.165, 1.54) is 24.8 Å². The Morgan fingerprint density at radius 3 is 2.54 bits per heavy atom. The minimum absolute atomic E-state index is 0. The molecule has 6 heteroatoms. The summed E-state index contributed by atoms with van der Waals surface area (Å²) in [4.78, 5) is 17.4. The molecule has 0 aliphatic carbocycles. The molecule has 0 bridgehead atoms. The first-order valence-corrected chi connectivity index (χ1v) is 10.4. The third-order valence-electron chi connectivity index (χ3n) is 6.36. The lowest BCUT2D eigenvalue weighted by atomic mass is 9.84. The zero-order valence-electron chi connectivity index (χ0n) is 17.3. The molecule has 2 atom stereocenters. The van der Waals surface area contributed by atoms with Crippen LogP contribution in [0, 0.1) is 11.8 Å². The Balaban J connectivity index is 0.00000196. The van der Waals surface area contributed by atoms with Crippen LogP contribution in [0.25, 0.3) is 0 Å². The first kappa shape index (κ1) is 25.2. The molecule has 4 nitrogen and oxygen atoms in total. The summed E-state index contributed by atoms with van der Waals surface area (Å²) in [5.74, 6) is 1.54. The maximum absolute atomic E-state index is 12.9. The molecule has 0 aromatic heterocycles. The number of likely N-dealkylation sites (tertiary alicyclic amines) is 1. The second-order valence-electron chi connectivity index (χ2n) is 8.29. The van der Waals surface area contributed by atoms with Crippen LogP contribution in [-0.4, -0.2) is 55.0 Å². The van der Waals surface area contributed by atoms with Crippen LogP contribution in [0.4, 0.5) is 0 Å². The molecule has 1 aromatic carbocycles. The minimum atomic E-state index is 0. The quantitative estimate of drug-likeness (QED) is 0.742. The number of rotatable bonds is 6. The topological polar surface area (TPSA) is 35.6 Å². The molecule has 2 heterocycles. The van der Waals surface area contributed by atoms with Gasteiger partial charge in [-0.25, -0.2) is 0 Å². The van der Waals surface area contributed by atoms with Crippen LogP contribution in [0.5, 0.6) is 0 Å². The van der Waals surface area contributed by atoms with E-state index in [4.69, 9.17) is 0 Å². The minimum Gasteiger partial charge on any atom is -0.341 e. The first-order valence-electron chi connectivity index (χ1n) is 10.4. The number of benzene rings is 1. The van der Waals surface area contributed by atoms with Gasteiger partial charge >= 0.3 is 0 Å². The zero-order valence-corrected chi connectivity index (χ0v) is 18.9. The van der Waals surface area contributed by atoms with E-state index in [9.17, 15) is 4.79 Å². The van der Waals surface area contributed by atoms with E-state index in [0.717, 1.165) is 39.1 Å². The van der Waals surface area contributed by atoms with Crippen molar-refractivity contribution in [1.29, 1.82) is 0 Å². The highest BCUT2D eigenvalue weighted by Gasteiger charge is 2.28. The highest BCUT2D eigenvalue weighted by molar-refractivity contribution is 5.85. The number of carbonyl (C=O) groups excluding carboxylic acids is 1. The van der Waals surface area contributed by atoms with Gasteiger partial charge in [-0.2, -0.15) is 0 Å². The van der Waals surface area contributed by atoms with Gasteiger partial charge in [0.25, 0.3) is 0 Å². The van der Waals surface area contributed by atoms with Gasteiger partial charge in [-0.3, -0.25) is 9.69 Å². The number of hydrogen-bond donors (Lipinski definition) is 1. The fraction of sp³-hybridized carbons (Fsp3) is 0.682. The van der Waals surface area contributed by atoms with Gasteiger partial charge in [0.1, 0.15) is 0 Å². The van der Waals surface area contributed by atoms with Crippen molar-refractivity contribution < 1.29 is 4.79 Å². The molecule has 1 N–H and O–H groups in total. The molecule has 160 valence electrons. The number of piperidine rings is 2. The van der Waals surface area contributed by atoms with E-state index in [1.54, 1.807) is 0 Å². The summed E-state index contributed by atoms with van der Waals surface area (Å²) in [6, 6.07) is 11.0. The number of halogens is 2. The van der Waals surface area contributed by atoms with Crippen LogP contribution < -0.4 is 5.32 Å². The molecule has 2 aliphatic rings. The molecule has 2 saturated heterocycles. The number of hydrogen-bond acceptors (Lipinski definition) is 3. The number of nitrogens with zero attached hydrogens (tertiary/aromatic N) is 2. The maximum atomic E-state index is 12.9. The fourth-order valence-corrected chi connectivity index (χ4v) is 4.54. The van der Waals surface area contributed by atoms with E-state index in [0.29, 0.717) is 30.2 Å². The molecular formula is C22H37Cl2N3O. The lowest BCUT2D eigenvalue weighted by Gasteiger charge is -2.38. The molecule has 0 spiro atoms. The Kier molecular flexibility index (Phi) is 11.4. The van der Waals surface area contributed by atoms with Crippen molar-refractivity contribution in [2.45, 2.75) is 51.6 Å². The summed E-state index contributed by atoms with van der Waals surface area (Å²) in [6.45, 7) is 7.61. The number of amides is 1. The second-order valence-corrected chi connectivity index (χ2v) is 8.29. The van der Waals surface area contributed by atoms with Crippen molar-refractivity contribution in [3.8, 4) is 0 Å². The Morgan fingerprint density at radius 2 is 1.86 bits per heavy atom. The van der Waals surface area contributed by atoms with Gasteiger partial charge in [-0.1, -0.05) is 37.3 Å². The lowest BCUT2D eigenvalue weighted by Crippen LogP contribution is -2.48. The summed E-state index contributed by atoms with van der Waals surface area (Å²) in [5, 5.41) is 3.42. The van der Waals surface area contributed by atoms with E-state index in [1.807, 2.05) is 7.05 Å². The van der Waals surface area contributed by atoms with Gasteiger partial charge in [0.15, 0.2) is 0 Å². The van der Waals surface area contributed by atoms with Crippen LogP contribution in [0.15, 0.2) is 30.3 Å². The summed E-state index contributed by atoms with van der Waals surface area (Å²) in [6.07, 6.45) is 5.45. The number of likely N-dealkylation sites (N-methyl/N-ethyl adjacent to an activating group) is 1. The van der Waals surface area contributed by atoms with Crippen molar-refractivity contribution in [2.24, 2.45) is 11.8 Å². The van der Waals surface area contributed by atoms with Crippen molar-refractivity contribution in [3.05, 3.63) is 35.9 Å². The van der Waals surface area contributed by atoms with Gasteiger partial charge in [-0.05, 0) is 62.7 Å². The van der Waals surface area contributed by atoms with Crippen LogP contribution in [0.3, 0.4) is 0 Å². The maximum Gasteiger partial charge on any atom is 0.222 e. The van der Waals surface area contributed by atoms with Crippen LogP contribution >= 0.6 is 24.8 Å². The average molecular weight is 430 g/mol. The number of carbonyl (C=O) groups is 1. The Morgan fingerprint density at radius 1 is 1.18 bits per heavy atom. The van der Waals surface area contributed by atoms with Gasteiger partial charge in [-0.15, -0.1) is 24.8 Å². The van der Waals surface area contributed by atoms with Crippen molar-refractivity contribution in [1.82, 2.24) is 15.1 Å². The summed E-state index contributed by atoms with van der Waals surface area (Å²) < 4.78 is 0. The summed E-state index contributed by atoms with van der Waals surface area (Å²) >= 11 is 0. The molecular weight excluding hydrogens is 393 g/mol. The fourth-order valence-electron chi connectivity index (χ4n) is 4.54. The molecule has 28 heavy (non-hydrogen) atoms. The molecule has 2 aliphatic heterocycles. The van der Waals surface area contributed by atoms with E-state index in [-0.39, 0.29) is 24.8 Å². The Hall–Kier alpha value is -0.810. The molecule has 2 unspecified atom stereocenters. The molecule has 0 radical (unpaired) electrons. The van der Waals surface area contributed by atoms with Crippen molar-refractivity contribution in [2.75, 3.05) is 33.2 Å². The summed E-state index contributed by atoms with van der Waals surface area (Å²) in [7, 11) is 2.02. The average Bonchev–Trinajstić information content (AvgIpc) is 2.69. The predicted molar refractivity (Wildman–Crippen MR) is 121 cm³/mol. The predicted octanol–water partition coefficient (Wildman–Crippen LogP) is 3.98. The van der Waals surface area contributed by atoms with E-state index < -0.39 is 0 Å². The van der Waals surface area contributed by atoms with Gasteiger partial charge in [0, 0.05) is 32.6 Å². The summed E-state index contributed by atoms with van der Waals surface area (Å²) in [5.41, 5.74) is 1.36. The smallest absolute Gasteiger partial charge is 0.222 e. The highest BCUT2D eigenvalue weighted by atomic mass is 35.5. The molecule has 1 amide bonds. The van der Waals surface area contributed by atoms with Crippen LogP contribution in [0.1, 0.15) is 44.6 Å². The number of nitrogens with one attached hydrogen (secondary N) is 1. The van der Waals surface area contributed by atoms with Gasteiger partial charge in [0.2, 0.25) is 5.91 Å². The second kappa shape index (κ2) is 12.7. The standard InChI is InChI=1S/C22H35N3O.2ClH/c1-18(20-10-12-23-13-11-20)15-22(26)24(2)21-9-6-14-25(17-21)16-19-7-4-3-5-8-19;;/h3-5,7-8,18,20-21,23H,6,9-17H2,1-2H3;2*1H. The monoisotopic (exact) mass is 429 g/mol. The Labute approximate surface area is 183 Å². The van der Waals surface area contributed by atoms with E-state index in [2.05, 4.69) is 52.4 Å². The highest BCUT2D eigenvalue weighted by Crippen LogP contribution is 2.26. The molecule has 1 aromatic rings. The van der Waals surface area contributed by atoms with Crippen LogP contribution in [-0.2, 0) is 11.3 Å². The van der Waals surface area contributed by atoms with Gasteiger partial charge in [0.05, 0.1) is 0 Å². The zero-order chi connectivity index (χ0) is 18.4. The largest absolute Gasteiger partial charge is 0.341 e. The van der Waals surface area contributed by atoms with E-state index >= 15 is 0 Å². The molecule has 2 fully saturated rings. The normalized spacial score (nSPS) is 21.9. The third-order valence-corrected chi connectivity index (χ3v) is 6.36. The van der Waals surface area contributed by atoms with Crippen molar-refractivity contribution in [3.63, 3.8) is 0 Å². The van der Waals surface area contributed by atoms with Gasteiger partial charge < -0.3 is 10.2 Å². The first-order chi connectivity index (χ1) is 12.6. The Bertz CT molecular complexity index is 566. The third kappa shape index (κ3) is 7.22. The van der Waals surface area contributed by atoms with Crippen LogP contribution in [0.2, 0.25) is 0 Å².